The Kier molecular flexibility index (Phi) is 5.56. The molecular weight excluding hydrogens is 310 g/mol. The number of rotatable bonds is 4. The zero-order chi connectivity index (χ0) is 16.2. The largest absolute Gasteiger partial charge is 0.495 e. The quantitative estimate of drug-likeness (QED) is 0.842. The predicted octanol–water partition coefficient (Wildman–Crippen LogP) is 2.00. The highest BCUT2D eigenvalue weighted by Crippen LogP contribution is 2.26. The molecule has 1 aromatic heterocycles. The van der Waals surface area contributed by atoms with Gasteiger partial charge in [0.1, 0.15) is 10.6 Å². The maximum Gasteiger partial charge on any atom is 0.267 e. The molecule has 0 spiro atoms. The van der Waals surface area contributed by atoms with Crippen LogP contribution in [0, 0.1) is 0 Å². The Balaban J connectivity index is 1.51. The van der Waals surface area contributed by atoms with Crippen molar-refractivity contribution in [2.24, 2.45) is 0 Å². The second-order valence-corrected chi connectivity index (χ2v) is 7.46. The number of piperazine rings is 1. The molecule has 3 heterocycles. The number of likely N-dealkylation sites (tertiary alicyclic amines) is 1. The van der Waals surface area contributed by atoms with Gasteiger partial charge in [-0.25, -0.2) is 0 Å². The highest BCUT2D eigenvalue weighted by Gasteiger charge is 2.27. The zero-order valence-electron chi connectivity index (χ0n) is 14.2. The summed E-state index contributed by atoms with van der Waals surface area (Å²) in [7, 11) is 3.87. The van der Waals surface area contributed by atoms with Crippen molar-refractivity contribution < 1.29 is 9.53 Å². The second kappa shape index (κ2) is 7.64. The van der Waals surface area contributed by atoms with Crippen LogP contribution in [0.2, 0.25) is 0 Å². The number of nitrogens with zero attached hydrogens (tertiary/aromatic N) is 3. The molecule has 0 radical (unpaired) electrons. The smallest absolute Gasteiger partial charge is 0.267 e. The number of hydrogen-bond donors (Lipinski definition) is 0. The molecule has 1 amide bonds. The Bertz CT molecular complexity index is 526. The summed E-state index contributed by atoms with van der Waals surface area (Å²) in [6.07, 6.45) is 3.99. The van der Waals surface area contributed by atoms with Gasteiger partial charge in [-0.2, -0.15) is 0 Å². The predicted molar refractivity (Wildman–Crippen MR) is 93.5 cm³/mol. The van der Waals surface area contributed by atoms with E-state index in [2.05, 4.69) is 16.8 Å². The minimum atomic E-state index is 0.117. The van der Waals surface area contributed by atoms with E-state index in [1.165, 1.54) is 37.1 Å². The third kappa shape index (κ3) is 3.87. The molecule has 0 aromatic carbocycles. The van der Waals surface area contributed by atoms with Crippen molar-refractivity contribution in [3.8, 4) is 5.75 Å². The lowest BCUT2D eigenvalue weighted by atomic mass is 10.0. The molecule has 2 fully saturated rings. The van der Waals surface area contributed by atoms with E-state index in [9.17, 15) is 4.79 Å². The van der Waals surface area contributed by atoms with Crippen LogP contribution in [-0.2, 0) is 0 Å². The number of carbonyl (C=O) groups is 1. The molecule has 0 bridgehead atoms. The number of carbonyl (C=O) groups excluding carboxylic acids is 1. The van der Waals surface area contributed by atoms with Crippen LogP contribution < -0.4 is 4.74 Å². The van der Waals surface area contributed by atoms with Gasteiger partial charge in [0, 0.05) is 38.8 Å². The highest BCUT2D eigenvalue weighted by molar-refractivity contribution is 7.12. The molecule has 6 heteroatoms. The molecule has 2 saturated heterocycles. The SMILES string of the molecule is COc1ccsc1C(=O)N1CCN(CC2CCCCN2C)CC1. The molecule has 2 aliphatic rings. The van der Waals surface area contributed by atoms with Crippen LogP contribution in [0.25, 0.3) is 0 Å². The number of likely N-dealkylation sites (N-methyl/N-ethyl adjacent to an activating group) is 1. The molecule has 0 N–H and O–H groups in total. The molecule has 1 aromatic rings. The van der Waals surface area contributed by atoms with E-state index in [4.69, 9.17) is 4.74 Å². The van der Waals surface area contributed by atoms with Crippen molar-refractivity contribution >= 4 is 17.2 Å². The first kappa shape index (κ1) is 16.7. The van der Waals surface area contributed by atoms with Crippen molar-refractivity contribution in [1.29, 1.82) is 0 Å². The summed E-state index contributed by atoms with van der Waals surface area (Å²) < 4.78 is 5.28. The molecular formula is C17H27N3O2S. The first-order valence-electron chi connectivity index (χ1n) is 8.52. The highest BCUT2D eigenvalue weighted by atomic mass is 32.1. The van der Waals surface area contributed by atoms with Crippen LogP contribution in [-0.4, -0.2) is 80.1 Å². The summed E-state index contributed by atoms with van der Waals surface area (Å²) in [4.78, 5) is 20.3. The Hall–Kier alpha value is -1.11. The fourth-order valence-corrected chi connectivity index (χ4v) is 4.39. The van der Waals surface area contributed by atoms with Crippen molar-refractivity contribution in [2.75, 3.05) is 53.4 Å². The minimum absolute atomic E-state index is 0.117. The van der Waals surface area contributed by atoms with E-state index >= 15 is 0 Å². The fraction of sp³-hybridized carbons (Fsp3) is 0.706. The maximum absolute atomic E-state index is 12.6. The van der Waals surface area contributed by atoms with Crippen LogP contribution in [0.3, 0.4) is 0 Å². The van der Waals surface area contributed by atoms with E-state index in [0.717, 1.165) is 37.6 Å². The number of ether oxygens (including phenoxy) is 1. The molecule has 5 nitrogen and oxygen atoms in total. The van der Waals surface area contributed by atoms with Crippen molar-refractivity contribution in [3.63, 3.8) is 0 Å². The Morgan fingerprint density at radius 2 is 2.04 bits per heavy atom. The number of hydrogen-bond acceptors (Lipinski definition) is 5. The Morgan fingerprint density at radius 1 is 1.26 bits per heavy atom. The first-order chi connectivity index (χ1) is 11.2. The van der Waals surface area contributed by atoms with Gasteiger partial charge in [-0.1, -0.05) is 6.42 Å². The molecule has 2 aliphatic heterocycles. The minimum Gasteiger partial charge on any atom is -0.495 e. The van der Waals surface area contributed by atoms with Crippen molar-refractivity contribution in [1.82, 2.24) is 14.7 Å². The maximum atomic E-state index is 12.6. The second-order valence-electron chi connectivity index (χ2n) is 6.54. The lowest BCUT2D eigenvalue weighted by Crippen LogP contribution is -2.52. The molecule has 1 atom stereocenters. The van der Waals surface area contributed by atoms with Gasteiger partial charge in [-0.3, -0.25) is 9.69 Å². The zero-order valence-corrected chi connectivity index (χ0v) is 15.0. The summed E-state index contributed by atoms with van der Waals surface area (Å²) in [5.74, 6) is 0.817. The molecule has 1 unspecified atom stereocenters. The molecule has 3 rings (SSSR count). The van der Waals surface area contributed by atoms with Crippen LogP contribution in [0.4, 0.5) is 0 Å². The number of thiophene rings is 1. The van der Waals surface area contributed by atoms with Gasteiger partial charge in [-0.05, 0) is 37.9 Å². The van der Waals surface area contributed by atoms with E-state index < -0.39 is 0 Å². The van der Waals surface area contributed by atoms with Crippen LogP contribution in [0.15, 0.2) is 11.4 Å². The first-order valence-corrected chi connectivity index (χ1v) is 9.40. The van der Waals surface area contributed by atoms with Gasteiger partial charge in [0.25, 0.3) is 5.91 Å². The van der Waals surface area contributed by atoms with Gasteiger partial charge in [0.2, 0.25) is 0 Å². The third-order valence-electron chi connectivity index (χ3n) is 5.09. The lowest BCUT2D eigenvalue weighted by molar-refractivity contribution is 0.0566. The van der Waals surface area contributed by atoms with Gasteiger partial charge < -0.3 is 14.5 Å². The van der Waals surface area contributed by atoms with E-state index in [1.54, 1.807) is 7.11 Å². The summed E-state index contributed by atoms with van der Waals surface area (Å²) in [6, 6.07) is 2.55. The fourth-order valence-electron chi connectivity index (χ4n) is 3.56. The number of piperidine rings is 1. The number of methoxy groups -OCH3 is 1. The normalized spacial score (nSPS) is 23.9. The van der Waals surface area contributed by atoms with Gasteiger partial charge in [0.05, 0.1) is 7.11 Å². The van der Waals surface area contributed by atoms with Crippen LogP contribution >= 0.6 is 11.3 Å². The van der Waals surface area contributed by atoms with E-state index in [-0.39, 0.29) is 5.91 Å². The third-order valence-corrected chi connectivity index (χ3v) is 5.98. The van der Waals surface area contributed by atoms with E-state index in [0.29, 0.717) is 11.8 Å². The van der Waals surface area contributed by atoms with Gasteiger partial charge in [0.15, 0.2) is 0 Å². The summed E-state index contributed by atoms with van der Waals surface area (Å²) in [6.45, 7) is 5.95. The summed E-state index contributed by atoms with van der Waals surface area (Å²) in [5.41, 5.74) is 0. The van der Waals surface area contributed by atoms with Crippen molar-refractivity contribution in [3.05, 3.63) is 16.3 Å². The standard InChI is InChI=1S/C17H27N3O2S/c1-18-7-4-3-5-14(18)13-19-8-10-20(11-9-19)17(21)16-15(22-2)6-12-23-16/h6,12,14H,3-5,7-11,13H2,1-2H3. The Labute approximate surface area is 142 Å². The average Bonchev–Trinajstić information content (AvgIpc) is 3.05. The molecule has 23 heavy (non-hydrogen) atoms. The van der Waals surface area contributed by atoms with E-state index in [1.807, 2.05) is 16.3 Å². The molecule has 0 saturated carbocycles. The van der Waals surface area contributed by atoms with Crippen LogP contribution in [0.1, 0.15) is 28.9 Å². The van der Waals surface area contributed by atoms with Gasteiger partial charge in [-0.15, -0.1) is 11.3 Å². The van der Waals surface area contributed by atoms with Gasteiger partial charge >= 0.3 is 0 Å². The summed E-state index contributed by atoms with van der Waals surface area (Å²) >= 11 is 1.47. The van der Waals surface area contributed by atoms with Crippen LogP contribution in [0.5, 0.6) is 5.75 Å². The molecule has 128 valence electrons. The lowest BCUT2D eigenvalue weighted by Gasteiger charge is -2.40. The Morgan fingerprint density at radius 3 is 2.74 bits per heavy atom. The summed E-state index contributed by atoms with van der Waals surface area (Å²) in [5, 5.41) is 1.92. The monoisotopic (exact) mass is 337 g/mol. The topological polar surface area (TPSA) is 36.0 Å². The average molecular weight is 337 g/mol. The van der Waals surface area contributed by atoms with Crippen molar-refractivity contribution in [2.45, 2.75) is 25.3 Å². The number of amides is 1. The molecule has 0 aliphatic carbocycles.